The lowest BCUT2D eigenvalue weighted by atomic mass is 10.1. The number of ether oxygens (including phenoxy) is 3. The third-order valence-corrected chi connectivity index (χ3v) is 4.10. The van der Waals surface area contributed by atoms with Crippen LogP contribution in [0.15, 0.2) is 46.0 Å². The molecule has 0 saturated carbocycles. The van der Waals surface area contributed by atoms with Gasteiger partial charge in [-0.3, -0.25) is 4.79 Å². The van der Waals surface area contributed by atoms with Crippen molar-refractivity contribution < 1.29 is 19.0 Å². The normalized spacial score (nSPS) is 12.4. The fourth-order valence-corrected chi connectivity index (χ4v) is 2.60. The Kier molecular flexibility index (Phi) is 5.00. The molecule has 24 heavy (non-hydrogen) atoms. The van der Waals surface area contributed by atoms with Crippen LogP contribution in [-0.4, -0.2) is 26.0 Å². The van der Waals surface area contributed by atoms with Gasteiger partial charge in [0.25, 0.3) is 0 Å². The van der Waals surface area contributed by atoms with Gasteiger partial charge in [-0.1, -0.05) is 12.1 Å². The third kappa shape index (κ3) is 3.86. The molecule has 1 aliphatic rings. The minimum atomic E-state index is -0.201. The maximum absolute atomic E-state index is 11.9. The molecule has 0 fully saturated rings. The van der Waals surface area contributed by atoms with Crippen LogP contribution in [0, 0.1) is 0 Å². The van der Waals surface area contributed by atoms with Crippen LogP contribution >= 0.6 is 15.9 Å². The highest BCUT2D eigenvalue weighted by Crippen LogP contribution is 2.36. The highest BCUT2D eigenvalue weighted by atomic mass is 79.9. The molecule has 0 spiro atoms. The second-order valence-corrected chi connectivity index (χ2v) is 5.90. The number of halogens is 1. The smallest absolute Gasteiger partial charge is 0.244 e. The number of benzene rings is 2. The lowest BCUT2D eigenvalue weighted by molar-refractivity contribution is -0.120. The summed E-state index contributed by atoms with van der Waals surface area (Å²) in [6.07, 6.45) is 1.79. The monoisotopic (exact) mass is 390 g/mol. The predicted octanol–water partition coefficient (Wildman–Crippen LogP) is 2.88. The van der Waals surface area contributed by atoms with Crippen molar-refractivity contribution in [1.82, 2.24) is 5.43 Å². The van der Waals surface area contributed by atoms with Gasteiger partial charge < -0.3 is 14.2 Å². The number of carbonyl (C=O) groups excluding carboxylic acids is 1. The first-order valence-corrected chi connectivity index (χ1v) is 7.99. The number of nitrogens with zero attached hydrogens (tertiary/aromatic N) is 1. The van der Waals surface area contributed by atoms with E-state index < -0.39 is 0 Å². The quantitative estimate of drug-likeness (QED) is 0.629. The topological polar surface area (TPSA) is 69.2 Å². The van der Waals surface area contributed by atoms with Crippen molar-refractivity contribution in [2.75, 3.05) is 13.9 Å². The molecule has 0 aliphatic carbocycles. The van der Waals surface area contributed by atoms with E-state index in [1.54, 1.807) is 19.4 Å². The number of methoxy groups -OCH3 is 1. The van der Waals surface area contributed by atoms with Crippen molar-refractivity contribution in [2.24, 2.45) is 5.10 Å². The van der Waals surface area contributed by atoms with Crippen molar-refractivity contribution in [3.63, 3.8) is 0 Å². The molecule has 124 valence electrons. The summed E-state index contributed by atoms with van der Waals surface area (Å²) in [4.78, 5) is 11.9. The maximum Gasteiger partial charge on any atom is 0.244 e. The molecule has 0 radical (unpaired) electrons. The molecule has 1 N–H and O–H groups in total. The van der Waals surface area contributed by atoms with Crippen molar-refractivity contribution in [3.8, 4) is 17.2 Å². The van der Waals surface area contributed by atoms with Crippen molar-refractivity contribution >= 4 is 28.1 Å². The number of carbonyl (C=O) groups is 1. The van der Waals surface area contributed by atoms with Gasteiger partial charge in [-0.15, -0.1) is 0 Å². The molecule has 2 aromatic rings. The van der Waals surface area contributed by atoms with Crippen molar-refractivity contribution in [3.05, 3.63) is 52.0 Å². The number of hydrazone groups is 1. The minimum Gasteiger partial charge on any atom is -0.497 e. The van der Waals surface area contributed by atoms with Crippen LogP contribution in [0.1, 0.15) is 11.1 Å². The van der Waals surface area contributed by atoms with E-state index in [9.17, 15) is 4.79 Å². The third-order valence-electron chi connectivity index (χ3n) is 3.41. The Morgan fingerprint density at radius 2 is 2.00 bits per heavy atom. The molecule has 0 aromatic heterocycles. The SMILES string of the molecule is COc1ccc(CC(=O)N/N=C/c2cc3c(cc2Br)OCO3)cc1. The van der Waals surface area contributed by atoms with Crippen LogP contribution in [-0.2, 0) is 11.2 Å². The van der Waals surface area contributed by atoms with Crippen molar-refractivity contribution in [2.45, 2.75) is 6.42 Å². The summed E-state index contributed by atoms with van der Waals surface area (Å²) in [6, 6.07) is 10.9. The van der Waals surface area contributed by atoms with Crippen LogP contribution in [0.2, 0.25) is 0 Å². The molecule has 1 amide bonds. The molecule has 1 aliphatic heterocycles. The van der Waals surface area contributed by atoms with E-state index in [1.807, 2.05) is 30.3 Å². The second-order valence-electron chi connectivity index (χ2n) is 5.05. The first-order valence-electron chi connectivity index (χ1n) is 7.19. The summed E-state index contributed by atoms with van der Waals surface area (Å²) >= 11 is 3.43. The van der Waals surface area contributed by atoms with E-state index >= 15 is 0 Å². The van der Waals surface area contributed by atoms with Gasteiger partial charge in [-0.2, -0.15) is 5.10 Å². The van der Waals surface area contributed by atoms with E-state index in [2.05, 4.69) is 26.5 Å². The molecule has 3 rings (SSSR count). The Balaban J connectivity index is 1.58. The summed E-state index contributed by atoms with van der Waals surface area (Å²) in [5, 5.41) is 3.98. The van der Waals surface area contributed by atoms with Crippen LogP contribution < -0.4 is 19.6 Å². The first-order chi connectivity index (χ1) is 11.7. The standard InChI is InChI=1S/C17H15BrN2O4/c1-22-13-4-2-11(3-5-13)6-17(21)20-19-9-12-7-15-16(8-14(12)18)24-10-23-15/h2-5,7-9H,6,10H2,1H3,(H,20,21)/b19-9+. The fraction of sp³-hybridized carbons (Fsp3) is 0.176. The van der Waals surface area contributed by atoms with Gasteiger partial charge >= 0.3 is 0 Å². The van der Waals surface area contributed by atoms with Crippen LogP contribution in [0.4, 0.5) is 0 Å². The van der Waals surface area contributed by atoms with E-state index in [1.165, 1.54) is 0 Å². The Labute approximate surface area is 147 Å². The lowest BCUT2D eigenvalue weighted by Crippen LogP contribution is -2.19. The van der Waals surface area contributed by atoms with E-state index in [4.69, 9.17) is 14.2 Å². The zero-order valence-electron chi connectivity index (χ0n) is 12.9. The molecule has 0 saturated heterocycles. The number of nitrogens with one attached hydrogen (secondary N) is 1. The van der Waals surface area contributed by atoms with E-state index in [0.29, 0.717) is 11.5 Å². The zero-order valence-corrected chi connectivity index (χ0v) is 14.5. The van der Waals surface area contributed by atoms with Gasteiger partial charge in [0.2, 0.25) is 12.7 Å². The molecular weight excluding hydrogens is 376 g/mol. The summed E-state index contributed by atoms with van der Waals surface area (Å²) in [5.74, 6) is 1.89. The second kappa shape index (κ2) is 7.35. The molecule has 7 heteroatoms. The summed E-state index contributed by atoms with van der Waals surface area (Å²) in [6.45, 7) is 0.209. The van der Waals surface area contributed by atoms with Gasteiger partial charge in [0, 0.05) is 10.0 Å². The van der Waals surface area contributed by atoms with E-state index in [0.717, 1.165) is 21.3 Å². The van der Waals surface area contributed by atoms with Gasteiger partial charge in [-0.25, -0.2) is 5.43 Å². The fourth-order valence-electron chi connectivity index (χ4n) is 2.17. The van der Waals surface area contributed by atoms with Gasteiger partial charge in [0.05, 0.1) is 19.7 Å². The predicted molar refractivity (Wildman–Crippen MR) is 92.7 cm³/mol. The molecule has 0 bridgehead atoms. The minimum absolute atomic E-state index is 0.201. The number of amides is 1. The maximum atomic E-state index is 11.9. The molecule has 2 aromatic carbocycles. The van der Waals surface area contributed by atoms with Gasteiger partial charge in [0.15, 0.2) is 11.5 Å². The molecule has 0 unspecified atom stereocenters. The zero-order chi connectivity index (χ0) is 16.9. The highest BCUT2D eigenvalue weighted by Gasteiger charge is 2.15. The van der Waals surface area contributed by atoms with Gasteiger partial charge in [-0.05, 0) is 45.8 Å². The molecule has 6 nitrogen and oxygen atoms in total. The Morgan fingerprint density at radius 3 is 2.71 bits per heavy atom. The first kappa shape index (κ1) is 16.3. The Morgan fingerprint density at radius 1 is 1.29 bits per heavy atom. The number of fused-ring (bicyclic) bond motifs is 1. The Hall–Kier alpha value is -2.54. The number of hydrogen-bond acceptors (Lipinski definition) is 5. The van der Waals surface area contributed by atoms with Gasteiger partial charge in [0.1, 0.15) is 5.75 Å². The number of hydrogen-bond donors (Lipinski definition) is 1. The highest BCUT2D eigenvalue weighted by molar-refractivity contribution is 9.10. The molecular formula is C17H15BrN2O4. The lowest BCUT2D eigenvalue weighted by Gasteiger charge is -2.03. The Bertz CT molecular complexity index is 775. The summed E-state index contributed by atoms with van der Waals surface area (Å²) < 4.78 is 16.5. The van der Waals surface area contributed by atoms with Crippen LogP contribution in [0.3, 0.4) is 0 Å². The summed E-state index contributed by atoms with van der Waals surface area (Å²) in [5.41, 5.74) is 4.17. The van der Waals surface area contributed by atoms with Crippen LogP contribution in [0.25, 0.3) is 0 Å². The van der Waals surface area contributed by atoms with Crippen molar-refractivity contribution in [1.29, 1.82) is 0 Å². The van der Waals surface area contributed by atoms with Crippen LogP contribution in [0.5, 0.6) is 17.2 Å². The summed E-state index contributed by atoms with van der Waals surface area (Å²) in [7, 11) is 1.60. The molecule has 1 heterocycles. The van der Waals surface area contributed by atoms with E-state index in [-0.39, 0.29) is 19.1 Å². The largest absolute Gasteiger partial charge is 0.497 e. The average Bonchev–Trinajstić information content (AvgIpc) is 3.02. The average molecular weight is 391 g/mol. The molecule has 0 atom stereocenters. The number of rotatable bonds is 5.